The Bertz CT molecular complexity index is 315. The molecule has 1 heterocycles. The van der Waals surface area contributed by atoms with Crippen LogP contribution >= 0.6 is 0 Å². The standard InChI is InChI=1S/C14H26N2O2/c1-6-8-11-14(18)16(10(5)7-2)12(9(3)4)13(17)15-11/h9-12H,6-8H2,1-5H3,(H,15,17). The number of hydrogen-bond acceptors (Lipinski definition) is 2. The Labute approximate surface area is 110 Å². The lowest BCUT2D eigenvalue weighted by Gasteiger charge is -2.44. The smallest absolute Gasteiger partial charge is 0.246 e. The average Bonchev–Trinajstić information content (AvgIpc) is 2.31. The molecule has 1 aliphatic rings. The van der Waals surface area contributed by atoms with Crippen LogP contribution in [0.5, 0.6) is 0 Å². The Kier molecular flexibility index (Phi) is 5.17. The SMILES string of the molecule is CCCC1NC(=O)C(C(C)C)N(C(C)CC)C1=O. The van der Waals surface area contributed by atoms with Crippen molar-refractivity contribution in [2.45, 2.75) is 72.0 Å². The van der Waals surface area contributed by atoms with Crippen LogP contribution in [0, 0.1) is 5.92 Å². The zero-order valence-electron chi connectivity index (χ0n) is 12.2. The first kappa shape index (κ1) is 15.0. The van der Waals surface area contributed by atoms with Gasteiger partial charge in [-0.15, -0.1) is 0 Å². The molecule has 0 bridgehead atoms. The van der Waals surface area contributed by atoms with Crippen molar-refractivity contribution >= 4 is 11.8 Å². The zero-order chi connectivity index (χ0) is 13.9. The van der Waals surface area contributed by atoms with Gasteiger partial charge in [-0.05, 0) is 25.7 Å². The highest BCUT2D eigenvalue weighted by Crippen LogP contribution is 2.22. The predicted octanol–water partition coefficient (Wildman–Crippen LogP) is 1.94. The highest BCUT2D eigenvalue weighted by Gasteiger charge is 2.43. The number of amides is 2. The largest absolute Gasteiger partial charge is 0.342 e. The molecular formula is C14H26N2O2. The maximum absolute atomic E-state index is 12.5. The van der Waals surface area contributed by atoms with Crippen molar-refractivity contribution in [2.24, 2.45) is 5.92 Å². The van der Waals surface area contributed by atoms with Crippen LogP contribution in [0.3, 0.4) is 0 Å². The van der Waals surface area contributed by atoms with Crippen molar-refractivity contribution in [3.63, 3.8) is 0 Å². The minimum Gasteiger partial charge on any atom is -0.342 e. The molecule has 0 spiro atoms. The average molecular weight is 254 g/mol. The summed E-state index contributed by atoms with van der Waals surface area (Å²) in [5.74, 6) is 0.235. The van der Waals surface area contributed by atoms with Crippen LogP contribution in [0.2, 0.25) is 0 Å². The fourth-order valence-electron chi connectivity index (χ4n) is 2.56. The van der Waals surface area contributed by atoms with Crippen LogP contribution in [-0.2, 0) is 9.59 Å². The van der Waals surface area contributed by atoms with Gasteiger partial charge in [-0.25, -0.2) is 0 Å². The number of piperazine rings is 1. The van der Waals surface area contributed by atoms with Gasteiger partial charge in [0.15, 0.2) is 0 Å². The first-order chi connectivity index (χ1) is 8.43. The minimum absolute atomic E-state index is 0.00310. The van der Waals surface area contributed by atoms with E-state index in [9.17, 15) is 9.59 Å². The highest BCUT2D eigenvalue weighted by molar-refractivity contribution is 5.97. The number of nitrogens with one attached hydrogen (secondary N) is 1. The summed E-state index contributed by atoms with van der Waals surface area (Å²) < 4.78 is 0. The van der Waals surface area contributed by atoms with Gasteiger partial charge < -0.3 is 10.2 Å². The molecule has 0 radical (unpaired) electrons. The van der Waals surface area contributed by atoms with Crippen LogP contribution in [0.1, 0.15) is 53.9 Å². The molecule has 4 heteroatoms. The number of nitrogens with zero attached hydrogens (tertiary/aromatic N) is 1. The van der Waals surface area contributed by atoms with Gasteiger partial charge in [-0.1, -0.05) is 34.1 Å². The Morgan fingerprint density at radius 3 is 2.28 bits per heavy atom. The fourth-order valence-corrected chi connectivity index (χ4v) is 2.56. The Morgan fingerprint density at radius 1 is 1.22 bits per heavy atom. The van der Waals surface area contributed by atoms with Gasteiger partial charge in [0.1, 0.15) is 12.1 Å². The summed E-state index contributed by atoms with van der Waals surface area (Å²) >= 11 is 0. The Balaban J connectivity index is 3.00. The van der Waals surface area contributed by atoms with Crippen LogP contribution in [0.4, 0.5) is 0 Å². The third-order valence-corrected chi connectivity index (χ3v) is 3.71. The van der Waals surface area contributed by atoms with Gasteiger partial charge >= 0.3 is 0 Å². The summed E-state index contributed by atoms with van der Waals surface area (Å²) in [6.07, 6.45) is 2.50. The molecule has 1 fully saturated rings. The fraction of sp³-hybridized carbons (Fsp3) is 0.857. The van der Waals surface area contributed by atoms with Gasteiger partial charge in [0.05, 0.1) is 0 Å². The number of carbonyl (C=O) groups excluding carboxylic acids is 2. The van der Waals surface area contributed by atoms with Gasteiger partial charge in [-0.2, -0.15) is 0 Å². The van der Waals surface area contributed by atoms with E-state index < -0.39 is 0 Å². The first-order valence-electron chi connectivity index (χ1n) is 7.06. The van der Waals surface area contributed by atoms with E-state index in [1.807, 2.05) is 32.6 Å². The summed E-state index contributed by atoms with van der Waals surface area (Å²) in [4.78, 5) is 26.5. The molecule has 0 aromatic heterocycles. The van der Waals surface area contributed by atoms with Gasteiger partial charge in [0.2, 0.25) is 11.8 Å². The normalized spacial score (nSPS) is 26.4. The summed E-state index contributed by atoms with van der Waals surface area (Å²) in [7, 11) is 0. The van der Waals surface area contributed by atoms with E-state index in [2.05, 4.69) is 12.2 Å². The summed E-state index contributed by atoms with van der Waals surface area (Å²) in [5, 5.41) is 2.88. The van der Waals surface area contributed by atoms with E-state index in [1.165, 1.54) is 0 Å². The molecule has 1 rings (SSSR count). The summed E-state index contributed by atoms with van der Waals surface area (Å²) in [6.45, 7) is 10.1. The van der Waals surface area contributed by atoms with Crippen molar-refractivity contribution in [1.29, 1.82) is 0 Å². The van der Waals surface area contributed by atoms with Crippen molar-refractivity contribution in [3.8, 4) is 0 Å². The van der Waals surface area contributed by atoms with E-state index in [4.69, 9.17) is 0 Å². The molecular weight excluding hydrogens is 228 g/mol. The summed E-state index contributed by atoms with van der Waals surface area (Å²) in [5.41, 5.74) is 0. The maximum Gasteiger partial charge on any atom is 0.246 e. The molecule has 3 unspecified atom stereocenters. The Morgan fingerprint density at radius 2 is 1.83 bits per heavy atom. The molecule has 0 aromatic carbocycles. The molecule has 18 heavy (non-hydrogen) atoms. The maximum atomic E-state index is 12.5. The molecule has 1 aliphatic heterocycles. The van der Waals surface area contributed by atoms with E-state index in [0.717, 1.165) is 19.3 Å². The molecule has 0 aromatic rings. The lowest BCUT2D eigenvalue weighted by molar-refractivity contribution is -0.154. The molecule has 1 N–H and O–H groups in total. The second-order valence-corrected chi connectivity index (χ2v) is 5.54. The number of carbonyl (C=O) groups is 2. The zero-order valence-corrected chi connectivity index (χ0v) is 12.2. The molecule has 4 nitrogen and oxygen atoms in total. The van der Waals surface area contributed by atoms with Crippen LogP contribution in [0.15, 0.2) is 0 Å². The van der Waals surface area contributed by atoms with Crippen molar-refractivity contribution in [1.82, 2.24) is 10.2 Å². The van der Waals surface area contributed by atoms with E-state index in [1.54, 1.807) is 0 Å². The van der Waals surface area contributed by atoms with E-state index >= 15 is 0 Å². The van der Waals surface area contributed by atoms with Crippen molar-refractivity contribution in [2.75, 3.05) is 0 Å². The lowest BCUT2D eigenvalue weighted by Crippen LogP contribution is -2.66. The van der Waals surface area contributed by atoms with Crippen molar-refractivity contribution in [3.05, 3.63) is 0 Å². The predicted molar refractivity (Wildman–Crippen MR) is 72.1 cm³/mol. The van der Waals surface area contributed by atoms with E-state index in [-0.39, 0.29) is 35.9 Å². The molecule has 0 saturated carbocycles. The molecule has 104 valence electrons. The first-order valence-corrected chi connectivity index (χ1v) is 7.06. The third-order valence-electron chi connectivity index (χ3n) is 3.71. The molecule has 3 atom stereocenters. The monoisotopic (exact) mass is 254 g/mol. The molecule has 2 amide bonds. The third kappa shape index (κ3) is 2.85. The second-order valence-electron chi connectivity index (χ2n) is 5.54. The van der Waals surface area contributed by atoms with Crippen LogP contribution in [-0.4, -0.2) is 34.8 Å². The Hall–Kier alpha value is -1.06. The topological polar surface area (TPSA) is 49.4 Å². The molecule has 0 aliphatic carbocycles. The van der Waals surface area contributed by atoms with Crippen molar-refractivity contribution < 1.29 is 9.59 Å². The van der Waals surface area contributed by atoms with Gasteiger partial charge in [-0.3, -0.25) is 9.59 Å². The van der Waals surface area contributed by atoms with Crippen LogP contribution < -0.4 is 5.32 Å². The second kappa shape index (κ2) is 6.21. The van der Waals surface area contributed by atoms with Gasteiger partial charge in [0, 0.05) is 6.04 Å². The van der Waals surface area contributed by atoms with E-state index in [0.29, 0.717) is 0 Å². The quantitative estimate of drug-likeness (QED) is 0.815. The summed E-state index contributed by atoms with van der Waals surface area (Å²) in [6, 6.07) is -0.526. The number of rotatable bonds is 5. The van der Waals surface area contributed by atoms with Gasteiger partial charge in [0.25, 0.3) is 0 Å². The highest BCUT2D eigenvalue weighted by atomic mass is 16.2. The molecule has 1 saturated heterocycles. The van der Waals surface area contributed by atoms with Crippen LogP contribution in [0.25, 0.3) is 0 Å². The number of hydrogen-bond donors (Lipinski definition) is 1. The lowest BCUT2D eigenvalue weighted by atomic mass is 9.93. The minimum atomic E-state index is -0.327.